The number of hydrogen-bond donors (Lipinski definition) is 1. The molecule has 4 nitrogen and oxygen atoms in total. The number of benzene rings is 2. The molecule has 33 heavy (non-hydrogen) atoms. The summed E-state index contributed by atoms with van der Waals surface area (Å²) in [6, 6.07) is 7.68. The van der Waals surface area contributed by atoms with Crippen LogP contribution in [0.1, 0.15) is 42.4 Å². The van der Waals surface area contributed by atoms with E-state index in [4.69, 9.17) is 0 Å². The number of aromatic nitrogens is 3. The topological polar surface area (TPSA) is 50.9 Å². The highest BCUT2D eigenvalue weighted by molar-refractivity contribution is 5.43. The Morgan fingerprint density at radius 1 is 1.03 bits per heavy atom. The molecule has 6 rings (SSSR count). The van der Waals surface area contributed by atoms with Crippen molar-refractivity contribution in [2.24, 2.45) is 5.41 Å². The van der Waals surface area contributed by atoms with Crippen LogP contribution in [0.15, 0.2) is 55.1 Å². The van der Waals surface area contributed by atoms with Gasteiger partial charge in [0.1, 0.15) is 24.3 Å². The molecule has 2 aromatic carbocycles. The largest absolute Gasteiger partial charge is 0.377 e. The van der Waals surface area contributed by atoms with E-state index in [9.17, 15) is 22.7 Å². The number of alkyl halides is 4. The predicted octanol–water partition coefficient (Wildman–Crippen LogP) is 5.14. The van der Waals surface area contributed by atoms with Crippen LogP contribution in [0.5, 0.6) is 0 Å². The van der Waals surface area contributed by atoms with Gasteiger partial charge in [-0.15, -0.1) is 0 Å². The number of aliphatic hydroxyl groups is 1. The van der Waals surface area contributed by atoms with Crippen LogP contribution in [0.2, 0.25) is 0 Å². The van der Waals surface area contributed by atoms with Crippen molar-refractivity contribution < 1.29 is 31.4 Å². The summed E-state index contributed by atoms with van der Waals surface area (Å²) >= 11 is 0. The van der Waals surface area contributed by atoms with Gasteiger partial charge in [0.25, 0.3) is 12.3 Å². The number of nitrogens with zero attached hydrogens (tertiary/aromatic N) is 3. The molecule has 3 aliphatic carbocycles. The second kappa shape index (κ2) is 7.06. The van der Waals surface area contributed by atoms with Crippen molar-refractivity contribution in [2.75, 3.05) is 0 Å². The van der Waals surface area contributed by atoms with Crippen molar-refractivity contribution in [3.05, 3.63) is 83.4 Å². The molecule has 1 atom stereocenters. The number of halogens is 6. The molecule has 3 saturated carbocycles. The fraction of sp³-hybridized carbons (Fsp3) is 0.391. The summed E-state index contributed by atoms with van der Waals surface area (Å²) in [6.45, 7) is -0.791. The lowest BCUT2D eigenvalue weighted by Gasteiger charge is -2.74. The summed E-state index contributed by atoms with van der Waals surface area (Å²) in [5.74, 6) is -6.06. The number of rotatable bonds is 7. The van der Waals surface area contributed by atoms with Crippen LogP contribution < -0.4 is 0 Å². The highest BCUT2D eigenvalue weighted by Gasteiger charge is 2.82. The van der Waals surface area contributed by atoms with Gasteiger partial charge in [0, 0.05) is 22.6 Å². The van der Waals surface area contributed by atoms with Gasteiger partial charge in [0.15, 0.2) is 5.60 Å². The molecular formula is C23H19F6N3O. The maximum absolute atomic E-state index is 16.1. The smallest absolute Gasteiger partial charge is 0.287 e. The van der Waals surface area contributed by atoms with E-state index in [1.807, 2.05) is 0 Å². The predicted molar refractivity (Wildman–Crippen MR) is 105 cm³/mol. The molecule has 0 saturated heterocycles. The molecule has 0 aliphatic heterocycles. The molecule has 1 heterocycles. The normalized spacial score (nSPS) is 25.9. The summed E-state index contributed by atoms with van der Waals surface area (Å²) < 4.78 is 86.9. The summed E-state index contributed by atoms with van der Waals surface area (Å²) in [5.41, 5.74) is -5.45. The van der Waals surface area contributed by atoms with E-state index in [1.165, 1.54) is 24.3 Å². The maximum Gasteiger partial charge on any atom is 0.287 e. The first-order valence-corrected chi connectivity index (χ1v) is 10.3. The van der Waals surface area contributed by atoms with Gasteiger partial charge in [-0.3, -0.25) is 0 Å². The Balaban J connectivity index is 1.48. The third kappa shape index (κ3) is 3.03. The van der Waals surface area contributed by atoms with Crippen molar-refractivity contribution in [3.63, 3.8) is 0 Å². The fourth-order valence-corrected chi connectivity index (χ4v) is 5.58. The Labute approximate surface area is 184 Å². The molecule has 0 amide bonds. The summed E-state index contributed by atoms with van der Waals surface area (Å²) in [4.78, 5) is 3.68. The van der Waals surface area contributed by atoms with E-state index < -0.39 is 52.5 Å². The molecule has 3 fully saturated rings. The van der Waals surface area contributed by atoms with Crippen LogP contribution in [0.25, 0.3) is 0 Å². The Morgan fingerprint density at radius 3 is 2.24 bits per heavy atom. The van der Waals surface area contributed by atoms with Crippen molar-refractivity contribution in [2.45, 2.75) is 49.2 Å². The van der Waals surface area contributed by atoms with Crippen molar-refractivity contribution in [1.82, 2.24) is 14.8 Å². The Kier molecular flexibility index (Phi) is 4.69. The van der Waals surface area contributed by atoms with Crippen LogP contribution in [-0.4, -0.2) is 25.8 Å². The lowest BCUT2D eigenvalue weighted by Crippen LogP contribution is -2.76. The molecule has 3 aliphatic rings. The van der Waals surface area contributed by atoms with Crippen LogP contribution in [0.3, 0.4) is 0 Å². The minimum Gasteiger partial charge on any atom is -0.377 e. The zero-order chi connectivity index (χ0) is 23.6. The van der Waals surface area contributed by atoms with E-state index in [-0.39, 0.29) is 24.8 Å². The van der Waals surface area contributed by atoms with Gasteiger partial charge >= 0.3 is 0 Å². The van der Waals surface area contributed by atoms with E-state index in [2.05, 4.69) is 10.1 Å². The second-order valence-electron chi connectivity index (χ2n) is 9.17. The molecule has 0 radical (unpaired) electrons. The molecule has 0 spiro atoms. The van der Waals surface area contributed by atoms with Gasteiger partial charge in [-0.2, -0.15) is 5.10 Å². The zero-order valence-corrected chi connectivity index (χ0v) is 17.2. The fourth-order valence-electron chi connectivity index (χ4n) is 5.58. The molecule has 1 unspecified atom stereocenters. The monoisotopic (exact) mass is 467 g/mol. The lowest BCUT2D eigenvalue weighted by atomic mass is 9.30. The van der Waals surface area contributed by atoms with E-state index in [0.717, 1.165) is 29.5 Å². The quantitative estimate of drug-likeness (QED) is 0.490. The van der Waals surface area contributed by atoms with Crippen molar-refractivity contribution in [3.8, 4) is 0 Å². The first-order valence-electron chi connectivity index (χ1n) is 10.3. The number of hydrogen-bond acceptors (Lipinski definition) is 3. The molecule has 3 aromatic rings. The average molecular weight is 467 g/mol. The summed E-state index contributed by atoms with van der Waals surface area (Å²) in [5, 5.41) is 15.1. The minimum atomic E-state index is -3.81. The van der Waals surface area contributed by atoms with E-state index in [1.54, 1.807) is 0 Å². The van der Waals surface area contributed by atoms with E-state index in [0.29, 0.717) is 11.6 Å². The molecule has 10 heteroatoms. The molecular weight excluding hydrogens is 448 g/mol. The molecule has 1 N–H and O–H groups in total. The van der Waals surface area contributed by atoms with Crippen LogP contribution in [0, 0.1) is 17.0 Å². The highest BCUT2D eigenvalue weighted by atomic mass is 19.3. The average Bonchev–Trinajstić information content (AvgIpc) is 3.18. The highest BCUT2D eigenvalue weighted by Crippen LogP contribution is 2.80. The Morgan fingerprint density at radius 2 is 1.70 bits per heavy atom. The van der Waals surface area contributed by atoms with Gasteiger partial charge < -0.3 is 5.11 Å². The Hall–Kier alpha value is -2.88. The first-order chi connectivity index (χ1) is 15.5. The summed E-state index contributed by atoms with van der Waals surface area (Å²) in [7, 11) is 0. The van der Waals surface area contributed by atoms with Crippen LogP contribution in [0.4, 0.5) is 26.3 Å². The van der Waals surface area contributed by atoms with Gasteiger partial charge in [-0.05, 0) is 42.4 Å². The van der Waals surface area contributed by atoms with Crippen LogP contribution in [-0.2, 0) is 17.6 Å². The third-order valence-electron chi connectivity index (χ3n) is 7.22. The van der Waals surface area contributed by atoms with Crippen molar-refractivity contribution in [1.29, 1.82) is 0 Å². The SMILES string of the molecule is OC(Cn1cncn1)(c1ccc(F)cc1F)C(F)(F)C12CC(c3ccc(C(F)F)cc3)(C1)C2. The molecule has 1 aromatic heterocycles. The zero-order valence-electron chi connectivity index (χ0n) is 17.2. The molecule has 2 bridgehead atoms. The maximum atomic E-state index is 16.1. The molecule has 174 valence electrons. The third-order valence-corrected chi connectivity index (χ3v) is 7.22. The van der Waals surface area contributed by atoms with Gasteiger partial charge in [0.05, 0.1) is 6.54 Å². The van der Waals surface area contributed by atoms with E-state index >= 15 is 8.78 Å². The van der Waals surface area contributed by atoms with Crippen LogP contribution >= 0.6 is 0 Å². The Bertz CT molecular complexity index is 1160. The second-order valence-corrected chi connectivity index (χ2v) is 9.17. The van der Waals surface area contributed by atoms with Gasteiger partial charge in [0.2, 0.25) is 0 Å². The van der Waals surface area contributed by atoms with Gasteiger partial charge in [-0.1, -0.05) is 24.3 Å². The first kappa shape index (κ1) is 21.9. The summed E-state index contributed by atoms with van der Waals surface area (Å²) in [6.07, 6.45) is -0.397. The lowest BCUT2D eigenvalue weighted by molar-refractivity contribution is -0.347. The van der Waals surface area contributed by atoms with Crippen molar-refractivity contribution >= 4 is 0 Å². The standard InChI is InChI=1S/C23H19F6N3O/c24-16-5-6-17(18(25)7-16)22(33,11-32-13-30-12-31-32)23(28,29)21-8-20(9-21,10-21)15-3-1-14(2-4-15)19(26)27/h1-7,12-13,19,33H,8-11H2. The minimum absolute atomic E-state index is 0.00348. The van der Waals surface area contributed by atoms with Gasteiger partial charge in [-0.25, -0.2) is 36.0 Å².